The zero-order valence-corrected chi connectivity index (χ0v) is 10.0. The van der Waals surface area contributed by atoms with Gasteiger partial charge in [-0.1, -0.05) is 0 Å². The van der Waals surface area contributed by atoms with E-state index < -0.39 is 0 Å². The van der Waals surface area contributed by atoms with E-state index in [0.717, 1.165) is 37.5 Å². The molecule has 2 heterocycles. The largest absolute Gasteiger partial charge is 0.448 e. The number of likely N-dealkylation sites (tertiary alicyclic amines) is 1. The van der Waals surface area contributed by atoms with Gasteiger partial charge in [-0.3, -0.25) is 0 Å². The molecule has 1 aliphatic heterocycles. The molecule has 0 aromatic carbocycles. The number of nitrogens with zero attached hydrogens (tertiary/aromatic N) is 2. The molecule has 0 saturated carbocycles. The molecule has 1 fully saturated rings. The Morgan fingerprint density at radius 2 is 2.25 bits per heavy atom. The lowest BCUT2D eigenvalue weighted by Gasteiger charge is -2.26. The van der Waals surface area contributed by atoms with Crippen molar-refractivity contribution in [2.24, 2.45) is 0 Å². The monoisotopic (exact) mass is 224 g/mol. The van der Waals surface area contributed by atoms with Crippen LogP contribution in [0, 0.1) is 0 Å². The molecule has 0 aliphatic carbocycles. The highest BCUT2D eigenvalue weighted by Crippen LogP contribution is 2.26. The maximum Gasteiger partial charge on any atom is 0.197 e. The summed E-state index contributed by atoms with van der Waals surface area (Å²) in [6, 6.07) is 0. The first-order chi connectivity index (χ1) is 7.65. The third kappa shape index (κ3) is 2.83. The van der Waals surface area contributed by atoms with E-state index in [-0.39, 0.29) is 6.10 Å². The highest BCUT2D eigenvalue weighted by Gasteiger charge is 2.22. The third-order valence-electron chi connectivity index (χ3n) is 3.14. The van der Waals surface area contributed by atoms with E-state index in [4.69, 9.17) is 4.42 Å². The van der Waals surface area contributed by atoms with Crippen LogP contribution in [-0.4, -0.2) is 41.2 Å². The number of aliphatic hydroxyl groups excluding tert-OH is 1. The number of hydrogen-bond acceptors (Lipinski definition) is 4. The Kier molecular flexibility index (Phi) is 3.61. The molecule has 4 heteroatoms. The zero-order chi connectivity index (χ0) is 11.5. The Morgan fingerprint density at radius 1 is 1.56 bits per heavy atom. The number of rotatable bonds is 3. The van der Waals surface area contributed by atoms with Crippen LogP contribution in [0.5, 0.6) is 0 Å². The third-order valence-corrected chi connectivity index (χ3v) is 3.14. The van der Waals surface area contributed by atoms with Crippen molar-refractivity contribution in [3.8, 4) is 0 Å². The van der Waals surface area contributed by atoms with Gasteiger partial charge in [-0.25, -0.2) is 4.98 Å². The van der Waals surface area contributed by atoms with Crippen LogP contribution in [0.4, 0.5) is 0 Å². The second-order valence-electron chi connectivity index (χ2n) is 4.81. The molecule has 1 N–H and O–H groups in total. The number of aliphatic hydroxyl groups is 1. The minimum Gasteiger partial charge on any atom is -0.448 e. The SMILES string of the molecule is CC(O)Cc1coc(C2CCN(C)CC2)n1. The molecule has 1 unspecified atom stereocenters. The van der Waals surface area contributed by atoms with Crippen LogP contribution in [0.2, 0.25) is 0 Å². The Morgan fingerprint density at radius 3 is 2.88 bits per heavy atom. The van der Waals surface area contributed by atoms with Crippen molar-refractivity contribution in [2.45, 2.75) is 38.2 Å². The zero-order valence-electron chi connectivity index (χ0n) is 10.0. The van der Waals surface area contributed by atoms with E-state index >= 15 is 0 Å². The van der Waals surface area contributed by atoms with Crippen molar-refractivity contribution < 1.29 is 9.52 Å². The summed E-state index contributed by atoms with van der Waals surface area (Å²) < 4.78 is 5.50. The fourth-order valence-electron chi connectivity index (χ4n) is 2.16. The average molecular weight is 224 g/mol. The van der Waals surface area contributed by atoms with Gasteiger partial charge in [0.05, 0.1) is 11.8 Å². The van der Waals surface area contributed by atoms with Crippen molar-refractivity contribution in [3.63, 3.8) is 0 Å². The molecule has 1 atom stereocenters. The van der Waals surface area contributed by atoms with Crippen LogP contribution in [0.15, 0.2) is 10.7 Å². The Hall–Kier alpha value is -0.870. The maximum absolute atomic E-state index is 9.27. The van der Waals surface area contributed by atoms with Gasteiger partial charge in [0.1, 0.15) is 6.26 Å². The van der Waals surface area contributed by atoms with Crippen molar-refractivity contribution >= 4 is 0 Å². The van der Waals surface area contributed by atoms with Gasteiger partial charge in [-0.2, -0.15) is 0 Å². The van der Waals surface area contributed by atoms with Crippen molar-refractivity contribution in [1.29, 1.82) is 0 Å². The minimum atomic E-state index is -0.351. The smallest absolute Gasteiger partial charge is 0.197 e. The standard InChI is InChI=1S/C12H20N2O2/c1-9(15)7-11-8-16-12(13-11)10-3-5-14(2)6-4-10/h8-10,15H,3-7H2,1-2H3. The molecule has 1 saturated heterocycles. The van der Waals surface area contributed by atoms with Gasteiger partial charge in [-0.15, -0.1) is 0 Å². The molecule has 0 amide bonds. The van der Waals surface area contributed by atoms with Crippen LogP contribution in [0.25, 0.3) is 0 Å². The van der Waals surface area contributed by atoms with E-state index in [1.54, 1.807) is 13.2 Å². The molecule has 90 valence electrons. The summed E-state index contributed by atoms with van der Waals surface area (Å²) in [5.74, 6) is 1.31. The van der Waals surface area contributed by atoms with E-state index in [1.165, 1.54) is 0 Å². The fourth-order valence-corrected chi connectivity index (χ4v) is 2.16. The highest BCUT2D eigenvalue weighted by molar-refractivity contribution is 5.03. The summed E-state index contributed by atoms with van der Waals surface area (Å²) in [6.45, 7) is 3.99. The molecular weight excluding hydrogens is 204 g/mol. The van der Waals surface area contributed by atoms with Gasteiger partial charge in [0.2, 0.25) is 0 Å². The van der Waals surface area contributed by atoms with Gasteiger partial charge in [0, 0.05) is 12.3 Å². The average Bonchev–Trinajstić information content (AvgIpc) is 2.66. The lowest BCUT2D eigenvalue weighted by Crippen LogP contribution is -2.29. The first-order valence-electron chi connectivity index (χ1n) is 5.96. The molecule has 1 aliphatic rings. The van der Waals surface area contributed by atoms with Gasteiger partial charge in [-0.05, 0) is 39.9 Å². The molecule has 0 spiro atoms. The number of aromatic nitrogens is 1. The predicted molar refractivity (Wildman–Crippen MR) is 61.4 cm³/mol. The molecular formula is C12H20N2O2. The molecule has 16 heavy (non-hydrogen) atoms. The van der Waals surface area contributed by atoms with Gasteiger partial charge < -0.3 is 14.4 Å². The lowest BCUT2D eigenvalue weighted by atomic mass is 9.97. The molecule has 4 nitrogen and oxygen atoms in total. The summed E-state index contributed by atoms with van der Waals surface area (Å²) in [5.41, 5.74) is 0.865. The Balaban J connectivity index is 1.96. The molecule has 0 bridgehead atoms. The summed E-state index contributed by atoms with van der Waals surface area (Å²) in [5, 5.41) is 9.27. The summed E-state index contributed by atoms with van der Waals surface area (Å²) in [7, 11) is 2.14. The highest BCUT2D eigenvalue weighted by atomic mass is 16.3. The molecule has 0 radical (unpaired) electrons. The van der Waals surface area contributed by atoms with Gasteiger partial charge in [0.15, 0.2) is 5.89 Å². The summed E-state index contributed by atoms with van der Waals surface area (Å²) in [6.07, 6.45) is 4.14. The Bertz CT molecular complexity index is 328. The first kappa shape index (κ1) is 11.6. The second kappa shape index (κ2) is 4.97. The van der Waals surface area contributed by atoms with Crippen LogP contribution in [-0.2, 0) is 6.42 Å². The number of piperidine rings is 1. The molecule has 2 rings (SSSR count). The molecule has 1 aromatic heterocycles. The Labute approximate surface area is 96.3 Å². The van der Waals surface area contributed by atoms with Crippen molar-refractivity contribution in [2.75, 3.05) is 20.1 Å². The van der Waals surface area contributed by atoms with E-state index in [2.05, 4.69) is 16.9 Å². The van der Waals surface area contributed by atoms with Crippen LogP contribution in [0.1, 0.15) is 37.3 Å². The maximum atomic E-state index is 9.27. The topological polar surface area (TPSA) is 49.5 Å². The van der Waals surface area contributed by atoms with Gasteiger partial charge in [0.25, 0.3) is 0 Å². The quantitative estimate of drug-likeness (QED) is 0.843. The normalized spacial score (nSPS) is 21.2. The van der Waals surface area contributed by atoms with Crippen LogP contribution in [0.3, 0.4) is 0 Å². The lowest BCUT2D eigenvalue weighted by molar-refractivity contribution is 0.194. The van der Waals surface area contributed by atoms with E-state index in [0.29, 0.717) is 12.3 Å². The predicted octanol–water partition coefficient (Wildman–Crippen LogP) is 1.41. The number of hydrogen-bond donors (Lipinski definition) is 1. The number of oxazole rings is 1. The first-order valence-corrected chi connectivity index (χ1v) is 5.96. The van der Waals surface area contributed by atoms with Crippen LogP contribution < -0.4 is 0 Å². The second-order valence-corrected chi connectivity index (χ2v) is 4.81. The van der Waals surface area contributed by atoms with Crippen LogP contribution >= 0.6 is 0 Å². The minimum absolute atomic E-state index is 0.351. The van der Waals surface area contributed by atoms with E-state index in [9.17, 15) is 5.11 Å². The fraction of sp³-hybridized carbons (Fsp3) is 0.750. The summed E-state index contributed by atoms with van der Waals surface area (Å²) in [4.78, 5) is 6.78. The molecule has 1 aromatic rings. The summed E-state index contributed by atoms with van der Waals surface area (Å²) >= 11 is 0. The van der Waals surface area contributed by atoms with Crippen molar-refractivity contribution in [3.05, 3.63) is 17.8 Å². The van der Waals surface area contributed by atoms with Crippen molar-refractivity contribution in [1.82, 2.24) is 9.88 Å². The van der Waals surface area contributed by atoms with E-state index in [1.807, 2.05) is 0 Å². The van der Waals surface area contributed by atoms with Gasteiger partial charge >= 0.3 is 0 Å².